The van der Waals surface area contributed by atoms with Crippen molar-refractivity contribution in [2.45, 2.75) is 38.0 Å². The van der Waals surface area contributed by atoms with Crippen LogP contribution in [-0.4, -0.2) is 96.8 Å². The Morgan fingerprint density at radius 3 is 1.62 bits per heavy atom. The highest BCUT2D eigenvalue weighted by molar-refractivity contribution is 7.91. The minimum atomic E-state index is -4.58. The minimum Gasteiger partial charge on any atom is -0.497 e. The van der Waals surface area contributed by atoms with E-state index in [9.17, 15) is 40.8 Å². The number of carbonyl (C=O) groups is 5. The lowest BCUT2D eigenvalue weighted by molar-refractivity contribution is -0.121. The molecule has 74 heavy (non-hydrogen) atoms. The first-order chi connectivity index (χ1) is 35.3. The zero-order valence-electron chi connectivity index (χ0n) is 40.8. The van der Waals surface area contributed by atoms with Crippen LogP contribution in [-0.2, 0) is 67.7 Å². The standard InChI is InChI=1S/C49H55N11O12S2/c1-58-39(30-50-44(58)31-51-73(66,67)56-47(63)53-42(28-33-12-8-6-9-13-33)45(61)59(2)37-20-24-40(70-3)25-21-37)32-60(38-22-26-41(71-4)27-23-38)46(62)43(29-34-14-10-7-11-15-34)54-48(64)57-74(68,69)55-36-18-16-35(17-19-36)52-49(65)72-5/h6-27,30,42-43,51,55H,28-29,31-32H2,1-5H3,(H,52,65)(H2,53,56,63)(H2,54,57,64)/t42-,43?/m0/s1. The number of methoxy groups -OCH3 is 3. The highest BCUT2D eigenvalue weighted by Crippen LogP contribution is 2.24. The number of aromatic nitrogens is 2. The third-order valence-corrected chi connectivity index (χ3v) is 13.1. The van der Waals surface area contributed by atoms with Crippen molar-refractivity contribution in [1.82, 2.24) is 34.4 Å². The second kappa shape index (κ2) is 25.1. The quantitative estimate of drug-likeness (QED) is 0.0499. The third kappa shape index (κ3) is 15.7. The van der Waals surface area contributed by atoms with Gasteiger partial charge in [0.05, 0.1) is 52.0 Å². The van der Waals surface area contributed by atoms with Crippen LogP contribution in [0.4, 0.5) is 37.1 Å². The summed E-state index contributed by atoms with van der Waals surface area (Å²) in [5, 5.41) is 7.44. The van der Waals surface area contributed by atoms with Crippen molar-refractivity contribution in [3.8, 4) is 11.5 Å². The van der Waals surface area contributed by atoms with Crippen LogP contribution >= 0.6 is 0 Å². The van der Waals surface area contributed by atoms with Crippen molar-refractivity contribution in [3.63, 3.8) is 0 Å². The number of urea groups is 2. The normalized spacial score (nSPS) is 12.0. The molecule has 0 aliphatic carbocycles. The largest absolute Gasteiger partial charge is 0.497 e. The van der Waals surface area contributed by atoms with Crippen LogP contribution in [0.15, 0.2) is 140 Å². The van der Waals surface area contributed by atoms with Gasteiger partial charge in [0, 0.05) is 44.0 Å². The lowest BCUT2D eigenvalue weighted by Gasteiger charge is -2.28. The van der Waals surface area contributed by atoms with E-state index in [1.165, 1.54) is 73.2 Å². The van der Waals surface area contributed by atoms with Crippen molar-refractivity contribution >= 4 is 73.1 Å². The van der Waals surface area contributed by atoms with Crippen LogP contribution in [0.1, 0.15) is 22.6 Å². The van der Waals surface area contributed by atoms with Crippen LogP contribution in [0.2, 0.25) is 0 Å². The highest BCUT2D eigenvalue weighted by atomic mass is 32.2. The fraction of sp³-hybridized carbons (Fsp3) is 0.224. The lowest BCUT2D eigenvalue weighted by atomic mass is 10.0. The van der Waals surface area contributed by atoms with E-state index in [0.29, 0.717) is 45.4 Å². The summed E-state index contributed by atoms with van der Waals surface area (Å²) in [5.41, 5.74) is 2.91. The fourth-order valence-electron chi connectivity index (χ4n) is 7.26. The van der Waals surface area contributed by atoms with Gasteiger partial charge in [-0.2, -0.15) is 21.6 Å². The van der Waals surface area contributed by atoms with Gasteiger partial charge in [0.15, 0.2) is 0 Å². The molecule has 23 nitrogen and oxygen atoms in total. The van der Waals surface area contributed by atoms with E-state index in [0.717, 1.165) is 0 Å². The number of imidazole rings is 1. The van der Waals surface area contributed by atoms with Crippen LogP contribution in [0.5, 0.6) is 11.5 Å². The summed E-state index contributed by atoms with van der Waals surface area (Å²) in [6, 6.07) is 31.2. The molecule has 7 amide bonds. The first-order valence-corrected chi connectivity index (χ1v) is 25.4. The van der Waals surface area contributed by atoms with Crippen LogP contribution in [0.3, 0.4) is 0 Å². The second-order valence-electron chi connectivity index (χ2n) is 16.2. The molecule has 0 saturated heterocycles. The summed E-state index contributed by atoms with van der Waals surface area (Å²) in [4.78, 5) is 74.0. The summed E-state index contributed by atoms with van der Waals surface area (Å²) in [6.07, 6.45) is 0.637. The molecule has 0 saturated carbocycles. The number of benzene rings is 5. The molecule has 0 aliphatic heterocycles. The topological polar surface area (TPSA) is 290 Å². The zero-order valence-corrected chi connectivity index (χ0v) is 42.4. The molecule has 7 N–H and O–H groups in total. The molecule has 0 aliphatic rings. The Balaban J connectivity index is 1.16. The van der Waals surface area contributed by atoms with Gasteiger partial charge in [-0.15, -0.1) is 0 Å². The minimum absolute atomic E-state index is 0.0409. The maximum Gasteiger partial charge on any atom is 0.411 e. The summed E-state index contributed by atoms with van der Waals surface area (Å²) in [6.45, 7) is -0.628. The Morgan fingerprint density at radius 2 is 1.11 bits per heavy atom. The predicted molar refractivity (Wildman–Crippen MR) is 276 cm³/mol. The summed E-state index contributed by atoms with van der Waals surface area (Å²) >= 11 is 0. The smallest absolute Gasteiger partial charge is 0.411 e. The van der Waals surface area contributed by atoms with Gasteiger partial charge in [-0.05, 0) is 83.9 Å². The molecule has 6 rings (SSSR count). The van der Waals surface area contributed by atoms with Crippen LogP contribution < -0.4 is 54.1 Å². The van der Waals surface area contributed by atoms with Crippen molar-refractivity contribution in [3.05, 3.63) is 162 Å². The molecule has 0 spiro atoms. The van der Waals surface area contributed by atoms with Gasteiger partial charge in [0.1, 0.15) is 29.4 Å². The molecule has 2 atom stereocenters. The van der Waals surface area contributed by atoms with Crippen molar-refractivity contribution in [1.29, 1.82) is 0 Å². The molecule has 1 heterocycles. The van der Waals surface area contributed by atoms with E-state index in [-0.39, 0.29) is 30.9 Å². The maximum atomic E-state index is 14.8. The Labute approximate surface area is 428 Å². The van der Waals surface area contributed by atoms with Gasteiger partial charge >= 0.3 is 38.6 Å². The van der Waals surface area contributed by atoms with E-state index in [1.807, 2.05) is 9.44 Å². The van der Waals surface area contributed by atoms with E-state index in [4.69, 9.17) is 9.47 Å². The molecule has 0 bridgehead atoms. The number of nitrogens with zero attached hydrogens (tertiary/aromatic N) is 4. The Hall–Kier alpha value is -8.68. The molecule has 25 heteroatoms. The van der Waals surface area contributed by atoms with Gasteiger partial charge in [0.25, 0.3) is 0 Å². The second-order valence-corrected chi connectivity index (χ2v) is 19.1. The van der Waals surface area contributed by atoms with Gasteiger partial charge in [0.2, 0.25) is 11.8 Å². The Kier molecular flexibility index (Phi) is 18.6. The number of hydrogen-bond acceptors (Lipinski definition) is 13. The SMILES string of the molecule is COC(=O)Nc1ccc(NS(=O)(=O)NC(=O)NC(Cc2ccccc2)C(=O)N(Cc2cnc(CNS(=O)(=O)NC(=O)N[C@@H](Cc3ccccc3)C(=O)N(C)c3ccc(OC)cc3)n2C)c2ccc(OC)cc2)cc1. The van der Waals surface area contributed by atoms with E-state index in [2.05, 4.69) is 35.1 Å². The number of hydrogen-bond donors (Lipinski definition) is 7. The summed E-state index contributed by atoms with van der Waals surface area (Å²) in [5.74, 6) is 0.0138. The first kappa shape index (κ1) is 54.6. The number of rotatable bonds is 22. The van der Waals surface area contributed by atoms with Gasteiger partial charge in [-0.25, -0.2) is 28.8 Å². The van der Waals surface area contributed by atoms with E-state index >= 15 is 0 Å². The number of likely N-dealkylation sites (N-methyl/N-ethyl adjacent to an activating group) is 1. The van der Waals surface area contributed by atoms with Gasteiger partial charge in [-0.3, -0.25) is 19.6 Å². The van der Waals surface area contributed by atoms with E-state index in [1.54, 1.807) is 116 Å². The molecule has 1 aromatic heterocycles. The number of anilines is 4. The molecule has 0 fully saturated rings. The average Bonchev–Trinajstić information content (AvgIpc) is 3.74. The predicted octanol–water partition coefficient (Wildman–Crippen LogP) is 4.32. The molecule has 1 unspecified atom stereocenters. The lowest BCUT2D eigenvalue weighted by Crippen LogP contribution is -2.54. The van der Waals surface area contributed by atoms with E-state index < -0.39 is 69.0 Å². The van der Waals surface area contributed by atoms with Crippen LogP contribution in [0, 0.1) is 0 Å². The molecule has 5 aromatic carbocycles. The number of ether oxygens (including phenoxy) is 3. The van der Waals surface area contributed by atoms with Gasteiger partial charge in [-0.1, -0.05) is 60.7 Å². The average molecular weight is 1050 g/mol. The molecule has 390 valence electrons. The third-order valence-electron chi connectivity index (χ3n) is 11.2. The fourth-order valence-corrected chi connectivity index (χ4v) is 8.76. The highest BCUT2D eigenvalue weighted by Gasteiger charge is 2.31. The Bertz CT molecular complexity index is 3110. The maximum absolute atomic E-state index is 14.8. The number of amides is 7. The Morgan fingerprint density at radius 1 is 0.622 bits per heavy atom. The van der Waals surface area contributed by atoms with Crippen molar-refractivity contribution < 1.29 is 55.0 Å². The van der Waals surface area contributed by atoms with Crippen molar-refractivity contribution in [2.24, 2.45) is 7.05 Å². The molecule has 6 aromatic rings. The zero-order chi connectivity index (χ0) is 53.4. The number of carbonyl (C=O) groups excluding carboxylic acids is 5. The summed E-state index contributed by atoms with van der Waals surface area (Å²) < 4.78 is 77.8. The monoisotopic (exact) mass is 1050 g/mol. The van der Waals surface area contributed by atoms with Crippen LogP contribution in [0.25, 0.3) is 0 Å². The van der Waals surface area contributed by atoms with Gasteiger partial charge < -0.3 is 39.2 Å². The molecular formula is C49H55N11O12S2. The van der Waals surface area contributed by atoms with Crippen molar-refractivity contribution in [2.75, 3.05) is 48.2 Å². The number of nitrogens with one attached hydrogen (secondary N) is 7. The molecule has 0 radical (unpaired) electrons. The first-order valence-electron chi connectivity index (χ1n) is 22.4. The summed E-state index contributed by atoms with van der Waals surface area (Å²) in [7, 11) is -1.88. The molecular weight excluding hydrogens is 999 g/mol.